The van der Waals surface area contributed by atoms with Crippen LogP contribution in [0.2, 0.25) is 0 Å². The third kappa shape index (κ3) is 2.00. The van der Waals surface area contributed by atoms with Crippen LogP contribution < -0.4 is 5.32 Å². The van der Waals surface area contributed by atoms with Gasteiger partial charge in [0, 0.05) is 12.0 Å². The van der Waals surface area contributed by atoms with Gasteiger partial charge in [-0.3, -0.25) is 0 Å². The Morgan fingerprint density at radius 2 is 2.07 bits per heavy atom. The molecule has 1 amide bonds. The Kier molecular flexibility index (Phi) is 3.04. The van der Waals surface area contributed by atoms with Gasteiger partial charge in [-0.05, 0) is 6.92 Å². The number of carbonyl (C=O) groups excluding carboxylic acids is 1. The maximum Gasteiger partial charge on any atom is 0.407 e. The molecule has 0 atom stereocenters. The molecule has 0 saturated carbocycles. The molecule has 0 bridgehead atoms. The van der Waals surface area contributed by atoms with Crippen molar-refractivity contribution in [1.82, 2.24) is 5.32 Å². The first-order valence-electron chi connectivity index (χ1n) is 4.96. The number of alkyl carbamates (subject to hydrolysis) is 1. The summed E-state index contributed by atoms with van der Waals surface area (Å²) in [6.45, 7) is 9.59. The van der Waals surface area contributed by atoms with Crippen LogP contribution >= 0.6 is 0 Å². The van der Waals surface area contributed by atoms with Crippen molar-refractivity contribution in [2.75, 3.05) is 19.8 Å². The molecule has 4 nitrogen and oxygen atoms in total. The quantitative estimate of drug-likeness (QED) is 0.737. The number of hydrogen-bond acceptors (Lipinski definition) is 3. The molecular weight excluding hydrogens is 182 g/mol. The van der Waals surface area contributed by atoms with E-state index in [1.807, 2.05) is 6.92 Å². The lowest BCUT2D eigenvalue weighted by Crippen LogP contribution is -2.62. The topological polar surface area (TPSA) is 47.6 Å². The fourth-order valence-corrected chi connectivity index (χ4v) is 1.29. The minimum absolute atomic E-state index is 0.0870. The van der Waals surface area contributed by atoms with Crippen molar-refractivity contribution in [3.63, 3.8) is 0 Å². The Balaban J connectivity index is 2.59. The van der Waals surface area contributed by atoms with Crippen molar-refractivity contribution >= 4 is 6.09 Å². The Morgan fingerprint density at radius 1 is 1.50 bits per heavy atom. The molecule has 1 aliphatic rings. The minimum Gasteiger partial charge on any atom is -0.437 e. The van der Waals surface area contributed by atoms with Gasteiger partial charge in [-0.1, -0.05) is 20.8 Å². The van der Waals surface area contributed by atoms with E-state index >= 15 is 0 Å². The highest BCUT2D eigenvalue weighted by molar-refractivity contribution is 5.67. The van der Waals surface area contributed by atoms with Crippen molar-refractivity contribution < 1.29 is 14.3 Å². The van der Waals surface area contributed by atoms with E-state index in [0.29, 0.717) is 19.8 Å². The van der Waals surface area contributed by atoms with Crippen molar-refractivity contribution in [3.05, 3.63) is 0 Å². The van der Waals surface area contributed by atoms with Gasteiger partial charge in [-0.15, -0.1) is 0 Å². The van der Waals surface area contributed by atoms with E-state index in [1.54, 1.807) is 0 Å². The first kappa shape index (κ1) is 11.3. The van der Waals surface area contributed by atoms with Crippen molar-refractivity contribution in [1.29, 1.82) is 0 Å². The second-order valence-corrected chi connectivity index (χ2v) is 4.66. The Labute approximate surface area is 85.0 Å². The van der Waals surface area contributed by atoms with E-state index in [4.69, 9.17) is 9.47 Å². The van der Waals surface area contributed by atoms with E-state index in [1.165, 1.54) is 0 Å². The SMILES string of the molecule is CCNC(=O)OC1(C(C)(C)C)COC1. The molecule has 0 aliphatic carbocycles. The third-order valence-corrected chi connectivity index (χ3v) is 2.65. The zero-order valence-electron chi connectivity index (χ0n) is 9.35. The van der Waals surface area contributed by atoms with E-state index in [9.17, 15) is 4.79 Å². The van der Waals surface area contributed by atoms with E-state index in [0.717, 1.165) is 0 Å². The highest BCUT2D eigenvalue weighted by atomic mass is 16.6. The summed E-state index contributed by atoms with van der Waals surface area (Å²) in [7, 11) is 0. The van der Waals surface area contributed by atoms with E-state index in [2.05, 4.69) is 26.1 Å². The summed E-state index contributed by atoms with van der Waals surface area (Å²) < 4.78 is 10.5. The van der Waals surface area contributed by atoms with Crippen LogP contribution in [-0.4, -0.2) is 31.5 Å². The van der Waals surface area contributed by atoms with Gasteiger partial charge < -0.3 is 14.8 Å². The van der Waals surface area contributed by atoms with Crippen LogP contribution in [0.15, 0.2) is 0 Å². The molecule has 4 heteroatoms. The number of hydrogen-bond donors (Lipinski definition) is 1. The standard InChI is InChI=1S/C10H19NO3/c1-5-11-8(12)14-10(6-13-7-10)9(2,3)4/h5-7H2,1-4H3,(H,11,12). The predicted octanol–water partition coefficient (Wildman–Crippen LogP) is 1.55. The number of rotatable bonds is 2. The van der Waals surface area contributed by atoms with Gasteiger partial charge in [0.2, 0.25) is 0 Å². The monoisotopic (exact) mass is 201 g/mol. The van der Waals surface area contributed by atoms with Gasteiger partial charge in [-0.2, -0.15) is 0 Å². The number of nitrogens with one attached hydrogen (secondary N) is 1. The summed E-state index contributed by atoms with van der Waals surface area (Å²) in [6.07, 6.45) is -0.356. The van der Waals surface area contributed by atoms with Crippen LogP contribution in [0.4, 0.5) is 4.79 Å². The molecule has 0 aromatic rings. The van der Waals surface area contributed by atoms with Gasteiger partial charge >= 0.3 is 6.09 Å². The van der Waals surface area contributed by atoms with Gasteiger partial charge in [0.1, 0.15) is 0 Å². The number of amides is 1. The molecule has 1 heterocycles. The molecule has 82 valence electrons. The molecule has 14 heavy (non-hydrogen) atoms. The smallest absolute Gasteiger partial charge is 0.407 e. The van der Waals surface area contributed by atoms with Crippen LogP contribution in [0.1, 0.15) is 27.7 Å². The summed E-state index contributed by atoms with van der Waals surface area (Å²) in [6, 6.07) is 0. The van der Waals surface area contributed by atoms with Gasteiger partial charge in [0.25, 0.3) is 0 Å². The predicted molar refractivity (Wildman–Crippen MR) is 53.2 cm³/mol. The summed E-state index contributed by atoms with van der Waals surface area (Å²) in [5, 5.41) is 2.62. The van der Waals surface area contributed by atoms with Crippen molar-refractivity contribution in [2.45, 2.75) is 33.3 Å². The Hall–Kier alpha value is -0.770. The Morgan fingerprint density at radius 3 is 2.36 bits per heavy atom. The lowest BCUT2D eigenvalue weighted by Gasteiger charge is -2.49. The molecule has 1 N–H and O–H groups in total. The molecule has 1 saturated heterocycles. The fourth-order valence-electron chi connectivity index (χ4n) is 1.29. The molecule has 1 fully saturated rings. The van der Waals surface area contributed by atoms with E-state index in [-0.39, 0.29) is 11.5 Å². The Bertz CT molecular complexity index is 216. The molecule has 0 radical (unpaired) electrons. The molecule has 1 aliphatic heterocycles. The average molecular weight is 201 g/mol. The number of carbonyl (C=O) groups is 1. The van der Waals surface area contributed by atoms with Crippen molar-refractivity contribution in [2.24, 2.45) is 5.41 Å². The van der Waals surface area contributed by atoms with Crippen LogP contribution in [-0.2, 0) is 9.47 Å². The van der Waals surface area contributed by atoms with Crippen LogP contribution in [0.25, 0.3) is 0 Å². The highest BCUT2D eigenvalue weighted by Crippen LogP contribution is 2.39. The van der Waals surface area contributed by atoms with Crippen LogP contribution in [0, 0.1) is 5.41 Å². The van der Waals surface area contributed by atoms with Crippen LogP contribution in [0.3, 0.4) is 0 Å². The summed E-state index contributed by atoms with van der Waals surface area (Å²) in [4.78, 5) is 11.3. The molecule has 1 rings (SSSR count). The van der Waals surface area contributed by atoms with Crippen LogP contribution in [0.5, 0.6) is 0 Å². The maximum atomic E-state index is 11.3. The summed E-state index contributed by atoms with van der Waals surface area (Å²) in [5.41, 5.74) is -0.539. The normalized spacial score (nSPS) is 19.7. The molecule has 0 aromatic carbocycles. The molecule has 0 aromatic heterocycles. The van der Waals surface area contributed by atoms with E-state index < -0.39 is 5.60 Å². The second kappa shape index (κ2) is 3.77. The summed E-state index contributed by atoms with van der Waals surface area (Å²) >= 11 is 0. The largest absolute Gasteiger partial charge is 0.437 e. The zero-order chi connectivity index (χ0) is 10.8. The zero-order valence-corrected chi connectivity index (χ0v) is 9.35. The average Bonchev–Trinajstić information content (AvgIpc) is 1.94. The lowest BCUT2D eigenvalue weighted by atomic mass is 9.75. The van der Waals surface area contributed by atoms with Gasteiger partial charge in [0.15, 0.2) is 5.60 Å². The third-order valence-electron chi connectivity index (χ3n) is 2.65. The first-order chi connectivity index (χ1) is 6.41. The number of ether oxygens (including phenoxy) is 2. The molecule has 0 spiro atoms. The molecular formula is C10H19NO3. The maximum absolute atomic E-state index is 11.3. The van der Waals surface area contributed by atoms with Crippen molar-refractivity contribution in [3.8, 4) is 0 Å². The first-order valence-corrected chi connectivity index (χ1v) is 4.96. The highest BCUT2D eigenvalue weighted by Gasteiger charge is 2.52. The lowest BCUT2D eigenvalue weighted by molar-refractivity contribution is -0.226. The minimum atomic E-state index is -0.452. The second-order valence-electron chi connectivity index (χ2n) is 4.66. The fraction of sp³-hybridized carbons (Fsp3) is 0.900. The summed E-state index contributed by atoms with van der Waals surface area (Å²) in [5.74, 6) is 0. The molecule has 0 unspecified atom stereocenters. The van der Waals surface area contributed by atoms with Gasteiger partial charge in [0.05, 0.1) is 13.2 Å². The van der Waals surface area contributed by atoms with Gasteiger partial charge in [-0.25, -0.2) is 4.79 Å².